The Kier molecular flexibility index (Phi) is 10.5. The summed E-state index contributed by atoms with van der Waals surface area (Å²) in [5.41, 5.74) is 0.852. The Balaban J connectivity index is 2.08. The molecule has 0 fully saturated rings. The van der Waals surface area contributed by atoms with Gasteiger partial charge in [-0.2, -0.15) is 0 Å². The Labute approximate surface area is 208 Å². The molecule has 0 aromatic heterocycles. The van der Waals surface area contributed by atoms with Gasteiger partial charge in [0.25, 0.3) is 0 Å². The Morgan fingerprint density at radius 3 is 2.24 bits per heavy atom. The van der Waals surface area contributed by atoms with Crippen LogP contribution in [0.2, 0.25) is 5.02 Å². The van der Waals surface area contributed by atoms with Gasteiger partial charge in [-0.15, -0.1) is 0 Å². The molecule has 0 aliphatic rings. The van der Waals surface area contributed by atoms with Gasteiger partial charge in [0.1, 0.15) is 6.04 Å². The zero-order chi connectivity index (χ0) is 25.3. The summed E-state index contributed by atoms with van der Waals surface area (Å²) in [5, 5.41) is 3.52. The van der Waals surface area contributed by atoms with E-state index in [0.717, 1.165) is 12.0 Å². The summed E-state index contributed by atoms with van der Waals surface area (Å²) in [6.45, 7) is 6.04. The highest BCUT2D eigenvalue weighted by atomic mass is 35.5. The topological polar surface area (TPSA) is 86.8 Å². The summed E-state index contributed by atoms with van der Waals surface area (Å²) >= 11 is 5.98. The molecular weight excluding hydrogens is 474 g/mol. The number of carbonyl (C=O) groups excluding carboxylic acids is 2. The average molecular weight is 508 g/mol. The Morgan fingerprint density at radius 2 is 1.65 bits per heavy atom. The van der Waals surface area contributed by atoms with Gasteiger partial charge < -0.3 is 10.2 Å². The lowest BCUT2D eigenvalue weighted by Gasteiger charge is -2.30. The molecular formula is C25H34ClN3O4S. The van der Waals surface area contributed by atoms with E-state index in [9.17, 15) is 18.0 Å². The van der Waals surface area contributed by atoms with Crippen molar-refractivity contribution in [1.29, 1.82) is 0 Å². The second-order valence-electron chi connectivity index (χ2n) is 8.39. The molecule has 0 radical (unpaired) electrons. The maximum absolute atomic E-state index is 13.2. The van der Waals surface area contributed by atoms with E-state index in [4.69, 9.17) is 11.6 Å². The van der Waals surface area contributed by atoms with Crippen LogP contribution in [0.5, 0.6) is 0 Å². The fourth-order valence-corrected chi connectivity index (χ4v) is 4.68. The molecule has 7 nitrogen and oxygen atoms in total. The van der Waals surface area contributed by atoms with Crippen LogP contribution in [0.1, 0.15) is 45.6 Å². The van der Waals surface area contributed by atoms with Crippen LogP contribution in [0.4, 0.5) is 0 Å². The zero-order valence-electron chi connectivity index (χ0n) is 20.2. The Hall–Kier alpha value is -2.42. The first kappa shape index (κ1) is 27.8. The van der Waals surface area contributed by atoms with E-state index in [-0.39, 0.29) is 42.3 Å². The molecule has 0 spiro atoms. The maximum Gasteiger partial charge on any atom is 0.242 e. The van der Waals surface area contributed by atoms with Gasteiger partial charge in [-0.25, -0.2) is 12.7 Å². The molecule has 2 atom stereocenters. The number of halogens is 1. The number of nitrogens with one attached hydrogen (secondary N) is 1. The molecule has 0 bridgehead atoms. The molecule has 0 saturated carbocycles. The molecule has 2 aromatic carbocycles. The van der Waals surface area contributed by atoms with Gasteiger partial charge >= 0.3 is 0 Å². The first-order valence-corrected chi connectivity index (χ1v) is 13.2. The standard InChI is InChI=1S/C25H34ClN3O4S/c1-5-19(2)27-25(31)20(3)29(18-21-13-15-22(26)16-14-21)24(30)12-9-17-28(4)34(32,33)23-10-7-6-8-11-23/h6-8,10-11,13-16,19-20H,5,9,12,17-18H2,1-4H3,(H,27,31)/t19-,20-/m1/s1. The molecule has 0 unspecified atom stereocenters. The smallest absolute Gasteiger partial charge is 0.242 e. The highest BCUT2D eigenvalue weighted by Gasteiger charge is 2.27. The van der Waals surface area contributed by atoms with E-state index in [1.165, 1.54) is 16.3 Å². The van der Waals surface area contributed by atoms with E-state index in [1.54, 1.807) is 49.4 Å². The van der Waals surface area contributed by atoms with Gasteiger partial charge in [0.2, 0.25) is 21.8 Å². The Bertz CT molecular complexity index is 1050. The quantitative estimate of drug-likeness (QED) is 0.469. The second kappa shape index (κ2) is 12.9. The van der Waals surface area contributed by atoms with Crippen LogP contribution in [-0.4, -0.2) is 55.1 Å². The monoisotopic (exact) mass is 507 g/mol. The third-order valence-corrected chi connectivity index (χ3v) is 7.87. The van der Waals surface area contributed by atoms with Crippen molar-refractivity contribution in [3.05, 3.63) is 65.2 Å². The van der Waals surface area contributed by atoms with Gasteiger partial charge in [-0.1, -0.05) is 48.9 Å². The molecule has 2 amide bonds. The second-order valence-corrected chi connectivity index (χ2v) is 10.9. The number of amides is 2. The van der Waals surface area contributed by atoms with E-state index in [1.807, 2.05) is 26.0 Å². The highest BCUT2D eigenvalue weighted by molar-refractivity contribution is 7.89. The third-order valence-electron chi connectivity index (χ3n) is 5.75. The van der Waals surface area contributed by atoms with Crippen molar-refractivity contribution in [2.24, 2.45) is 0 Å². The minimum Gasteiger partial charge on any atom is -0.352 e. The first-order valence-electron chi connectivity index (χ1n) is 11.4. The van der Waals surface area contributed by atoms with E-state index >= 15 is 0 Å². The number of nitrogens with zero attached hydrogens (tertiary/aromatic N) is 2. The molecule has 0 aliphatic carbocycles. The van der Waals surface area contributed by atoms with E-state index < -0.39 is 16.1 Å². The van der Waals surface area contributed by atoms with Crippen LogP contribution >= 0.6 is 11.6 Å². The fraction of sp³-hybridized carbons (Fsp3) is 0.440. The van der Waals surface area contributed by atoms with Crippen molar-refractivity contribution in [2.75, 3.05) is 13.6 Å². The van der Waals surface area contributed by atoms with Crippen molar-refractivity contribution in [3.8, 4) is 0 Å². The number of rotatable bonds is 12. The summed E-state index contributed by atoms with van der Waals surface area (Å²) in [4.78, 5) is 27.7. The molecule has 0 aliphatic heterocycles. The van der Waals surface area contributed by atoms with Crippen LogP contribution < -0.4 is 5.32 Å². The highest BCUT2D eigenvalue weighted by Crippen LogP contribution is 2.17. The molecule has 2 rings (SSSR count). The van der Waals surface area contributed by atoms with Gasteiger partial charge in [-0.05, 0) is 56.5 Å². The largest absolute Gasteiger partial charge is 0.352 e. The predicted molar refractivity (Wildman–Crippen MR) is 135 cm³/mol. The molecule has 9 heteroatoms. The summed E-state index contributed by atoms with van der Waals surface area (Å²) < 4.78 is 26.7. The van der Waals surface area contributed by atoms with Gasteiger partial charge in [0.15, 0.2) is 0 Å². The molecule has 186 valence electrons. The first-order chi connectivity index (χ1) is 16.1. The summed E-state index contributed by atoms with van der Waals surface area (Å²) in [6, 6.07) is 14.6. The van der Waals surface area contributed by atoms with Crippen LogP contribution in [0.25, 0.3) is 0 Å². The zero-order valence-corrected chi connectivity index (χ0v) is 21.8. The predicted octanol–water partition coefficient (Wildman–Crippen LogP) is 4.07. The van der Waals surface area contributed by atoms with E-state index in [2.05, 4.69) is 5.32 Å². The lowest BCUT2D eigenvalue weighted by Crippen LogP contribution is -2.49. The number of hydrogen-bond donors (Lipinski definition) is 1. The van der Waals surface area contributed by atoms with E-state index in [0.29, 0.717) is 11.4 Å². The maximum atomic E-state index is 13.2. The summed E-state index contributed by atoms with van der Waals surface area (Å²) in [7, 11) is -2.12. The van der Waals surface area contributed by atoms with Crippen LogP contribution in [0.3, 0.4) is 0 Å². The number of sulfonamides is 1. The average Bonchev–Trinajstić information content (AvgIpc) is 2.83. The fourth-order valence-electron chi connectivity index (χ4n) is 3.32. The van der Waals surface area contributed by atoms with Crippen LogP contribution in [-0.2, 0) is 26.2 Å². The number of benzene rings is 2. The van der Waals surface area contributed by atoms with Crippen LogP contribution in [0, 0.1) is 0 Å². The number of carbonyl (C=O) groups is 2. The van der Waals surface area contributed by atoms with Crippen molar-refractivity contribution in [3.63, 3.8) is 0 Å². The SMILES string of the molecule is CC[C@@H](C)NC(=O)[C@@H](C)N(Cc1ccc(Cl)cc1)C(=O)CCCN(C)S(=O)(=O)c1ccccc1. The Morgan fingerprint density at radius 1 is 1.03 bits per heavy atom. The van der Waals surface area contributed by atoms with Crippen molar-refractivity contribution >= 4 is 33.4 Å². The van der Waals surface area contributed by atoms with Crippen molar-refractivity contribution in [2.45, 2.75) is 63.6 Å². The van der Waals surface area contributed by atoms with Gasteiger partial charge in [0.05, 0.1) is 4.90 Å². The third kappa shape index (κ3) is 7.82. The molecule has 2 aromatic rings. The minimum absolute atomic E-state index is 0.000670. The summed E-state index contributed by atoms with van der Waals surface area (Å²) in [6.07, 6.45) is 1.23. The molecule has 34 heavy (non-hydrogen) atoms. The van der Waals surface area contributed by atoms with Gasteiger partial charge in [-0.3, -0.25) is 9.59 Å². The minimum atomic E-state index is -3.62. The molecule has 1 N–H and O–H groups in total. The molecule has 0 heterocycles. The lowest BCUT2D eigenvalue weighted by atomic mass is 10.1. The lowest BCUT2D eigenvalue weighted by molar-refractivity contribution is -0.141. The van der Waals surface area contributed by atoms with Crippen molar-refractivity contribution in [1.82, 2.24) is 14.5 Å². The molecule has 0 saturated heterocycles. The van der Waals surface area contributed by atoms with Gasteiger partial charge in [0, 0.05) is 37.6 Å². The van der Waals surface area contributed by atoms with Crippen LogP contribution in [0.15, 0.2) is 59.5 Å². The van der Waals surface area contributed by atoms with Crippen molar-refractivity contribution < 1.29 is 18.0 Å². The summed E-state index contributed by atoms with van der Waals surface area (Å²) in [5.74, 6) is -0.437. The number of hydrogen-bond acceptors (Lipinski definition) is 4. The normalized spacial score (nSPS) is 13.4.